The molecule has 1 saturated heterocycles. The molecule has 0 saturated carbocycles. The highest BCUT2D eigenvalue weighted by Gasteiger charge is 2.27. The Bertz CT molecular complexity index is 981. The molecule has 1 fully saturated rings. The summed E-state index contributed by atoms with van der Waals surface area (Å²) in [5.74, 6) is 0.570. The molecule has 2 N–H and O–H groups in total. The van der Waals surface area contributed by atoms with E-state index in [1.165, 1.54) is 5.57 Å². The van der Waals surface area contributed by atoms with Crippen LogP contribution in [0.4, 0.5) is 4.79 Å². The summed E-state index contributed by atoms with van der Waals surface area (Å²) in [5, 5.41) is 5.46. The molecule has 3 heterocycles. The molecule has 1 aromatic heterocycles. The van der Waals surface area contributed by atoms with Gasteiger partial charge < -0.3 is 24.6 Å². The van der Waals surface area contributed by atoms with Gasteiger partial charge in [-0.2, -0.15) is 0 Å². The zero-order valence-electron chi connectivity index (χ0n) is 19.5. The Morgan fingerprint density at radius 3 is 2.72 bits per heavy atom. The number of rotatable bonds is 5. The quantitative estimate of drug-likeness (QED) is 0.725. The number of hydrogen-bond donors (Lipinski definition) is 1. The average molecular weight is 442 g/mol. The normalized spacial score (nSPS) is 18.1. The van der Waals surface area contributed by atoms with E-state index >= 15 is 0 Å². The first-order valence-corrected chi connectivity index (χ1v) is 11.7. The van der Waals surface area contributed by atoms with E-state index < -0.39 is 5.60 Å². The highest BCUT2D eigenvalue weighted by atomic mass is 16.6. The monoisotopic (exact) mass is 441 g/mol. The van der Waals surface area contributed by atoms with E-state index in [9.17, 15) is 4.79 Å². The summed E-state index contributed by atoms with van der Waals surface area (Å²) in [5.41, 5.74) is 10.9. The summed E-state index contributed by atoms with van der Waals surface area (Å²) in [7, 11) is 0. The molecule has 7 nitrogen and oxygen atoms in total. The number of ether oxygens (including phenoxy) is 2. The maximum absolute atomic E-state index is 12.3. The van der Waals surface area contributed by atoms with Crippen LogP contribution in [-0.2, 0) is 22.4 Å². The van der Waals surface area contributed by atoms with Gasteiger partial charge in [-0.3, -0.25) is 0 Å². The minimum absolute atomic E-state index is 0.205. The van der Waals surface area contributed by atoms with Crippen LogP contribution >= 0.6 is 0 Å². The number of hydrogen-bond acceptors (Lipinski definition) is 6. The van der Waals surface area contributed by atoms with E-state index in [0.29, 0.717) is 19.1 Å². The maximum atomic E-state index is 12.3. The molecular formula is C25H35N3O4. The Hall–Kier alpha value is -2.38. The van der Waals surface area contributed by atoms with Crippen LogP contribution in [0.1, 0.15) is 63.3 Å². The Labute approximate surface area is 189 Å². The highest BCUT2D eigenvalue weighted by Crippen LogP contribution is 2.33. The van der Waals surface area contributed by atoms with Crippen molar-refractivity contribution in [2.24, 2.45) is 11.7 Å². The fraction of sp³-hybridized carbons (Fsp3) is 0.600. The van der Waals surface area contributed by atoms with Crippen LogP contribution < -0.4 is 5.73 Å². The van der Waals surface area contributed by atoms with Crippen molar-refractivity contribution in [3.05, 3.63) is 35.0 Å². The number of amides is 1. The number of benzene rings is 1. The van der Waals surface area contributed by atoms with Crippen molar-refractivity contribution < 1.29 is 18.8 Å². The number of aryl methyl sites for hydroxylation is 1. The van der Waals surface area contributed by atoms with Crippen LogP contribution in [0.15, 0.2) is 22.7 Å². The van der Waals surface area contributed by atoms with Crippen molar-refractivity contribution in [2.75, 3.05) is 26.3 Å². The second kappa shape index (κ2) is 9.63. The lowest BCUT2D eigenvalue weighted by Gasteiger charge is -2.33. The van der Waals surface area contributed by atoms with Gasteiger partial charge in [0, 0.05) is 30.6 Å². The summed E-state index contributed by atoms with van der Waals surface area (Å²) >= 11 is 0. The van der Waals surface area contributed by atoms with Crippen molar-refractivity contribution in [1.82, 2.24) is 10.1 Å². The molecule has 32 heavy (non-hydrogen) atoms. The number of carbonyl (C=O) groups is 1. The smallest absolute Gasteiger partial charge is 0.410 e. The number of likely N-dealkylation sites (tertiary alicyclic amines) is 1. The van der Waals surface area contributed by atoms with Crippen LogP contribution in [0, 0.1) is 5.92 Å². The second-order valence-corrected chi connectivity index (χ2v) is 9.81. The van der Waals surface area contributed by atoms with Gasteiger partial charge in [-0.15, -0.1) is 0 Å². The SMILES string of the molecule is CC(C)(C)OC(=O)N1CCC(CCc2noc3c(CN)c(C4=CCOCC4)ccc23)CC1. The summed E-state index contributed by atoms with van der Waals surface area (Å²) in [4.78, 5) is 14.1. The average Bonchev–Trinajstić information content (AvgIpc) is 3.20. The Morgan fingerprint density at radius 2 is 2.06 bits per heavy atom. The Kier molecular flexibility index (Phi) is 6.86. The number of piperidine rings is 1. The number of nitrogens with zero attached hydrogens (tertiary/aromatic N) is 2. The summed E-state index contributed by atoms with van der Waals surface area (Å²) in [6.07, 6.45) is 6.69. The standard InChI is InChI=1S/C25H35N3O4/c1-25(2,3)31-24(29)28-12-8-17(9-13-28)4-7-22-20-6-5-19(18-10-14-30-15-11-18)21(16-26)23(20)32-27-22/h5-6,10,17H,4,7-9,11-16,26H2,1-3H3. The van der Waals surface area contributed by atoms with Crippen molar-refractivity contribution in [3.8, 4) is 0 Å². The van der Waals surface area contributed by atoms with Crippen molar-refractivity contribution in [3.63, 3.8) is 0 Å². The molecule has 7 heteroatoms. The molecule has 1 aromatic carbocycles. The lowest BCUT2D eigenvalue weighted by molar-refractivity contribution is 0.0181. The third-order valence-electron chi connectivity index (χ3n) is 6.39. The summed E-state index contributed by atoms with van der Waals surface area (Å²) in [6, 6.07) is 4.28. The van der Waals surface area contributed by atoms with Crippen LogP contribution in [0.25, 0.3) is 16.5 Å². The van der Waals surface area contributed by atoms with Gasteiger partial charge in [-0.05, 0) is 76.0 Å². The summed E-state index contributed by atoms with van der Waals surface area (Å²) in [6.45, 7) is 9.01. The van der Waals surface area contributed by atoms with Crippen LogP contribution in [-0.4, -0.2) is 48.1 Å². The van der Waals surface area contributed by atoms with E-state index in [1.54, 1.807) is 0 Å². The van der Waals surface area contributed by atoms with Gasteiger partial charge in [-0.25, -0.2) is 4.79 Å². The molecule has 2 aliphatic rings. The first-order chi connectivity index (χ1) is 15.4. The molecule has 0 aliphatic carbocycles. The van der Waals surface area contributed by atoms with Gasteiger partial charge in [-0.1, -0.05) is 17.3 Å². The molecular weight excluding hydrogens is 406 g/mol. The lowest BCUT2D eigenvalue weighted by Crippen LogP contribution is -2.41. The third-order valence-corrected chi connectivity index (χ3v) is 6.39. The first kappa shape index (κ1) is 22.8. The highest BCUT2D eigenvalue weighted by molar-refractivity contribution is 5.88. The van der Waals surface area contributed by atoms with E-state index in [-0.39, 0.29) is 6.09 Å². The molecule has 4 rings (SSSR count). The number of carbonyl (C=O) groups excluding carboxylic acids is 1. The first-order valence-electron chi connectivity index (χ1n) is 11.7. The summed E-state index contributed by atoms with van der Waals surface area (Å²) < 4.78 is 16.7. The van der Waals surface area contributed by atoms with Gasteiger partial charge >= 0.3 is 6.09 Å². The van der Waals surface area contributed by atoms with Crippen LogP contribution in [0.5, 0.6) is 0 Å². The van der Waals surface area contributed by atoms with Gasteiger partial charge in [0.15, 0.2) is 5.58 Å². The topological polar surface area (TPSA) is 90.8 Å². The van der Waals surface area contributed by atoms with E-state index in [1.807, 2.05) is 25.7 Å². The molecule has 1 amide bonds. The fourth-order valence-electron chi connectivity index (χ4n) is 4.64. The molecule has 0 radical (unpaired) electrons. The minimum atomic E-state index is -0.453. The lowest BCUT2D eigenvalue weighted by atomic mass is 9.90. The molecule has 0 unspecified atom stereocenters. The van der Waals surface area contributed by atoms with Crippen LogP contribution in [0.3, 0.4) is 0 Å². The minimum Gasteiger partial charge on any atom is -0.444 e. The number of nitrogens with two attached hydrogens (primary N) is 1. The molecule has 2 aliphatic heterocycles. The van der Waals surface area contributed by atoms with E-state index in [4.69, 9.17) is 19.7 Å². The van der Waals surface area contributed by atoms with Crippen molar-refractivity contribution in [1.29, 1.82) is 0 Å². The van der Waals surface area contributed by atoms with Crippen molar-refractivity contribution >= 4 is 22.6 Å². The molecule has 2 aromatic rings. The molecule has 0 bridgehead atoms. The Balaban J connectivity index is 1.38. The Morgan fingerprint density at radius 1 is 1.28 bits per heavy atom. The molecule has 0 atom stereocenters. The van der Waals surface area contributed by atoms with E-state index in [0.717, 1.165) is 79.6 Å². The van der Waals surface area contributed by atoms with Gasteiger partial charge in [0.25, 0.3) is 0 Å². The third kappa shape index (κ3) is 5.15. The van der Waals surface area contributed by atoms with Gasteiger partial charge in [0.2, 0.25) is 0 Å². The van der Waals surface area contributed by atoms with Gasteiger partial charge in [0.05, 0.1) is 18.9 Å². The predicted molar refractivity (Wildman–Crippen MR) is 124 cm³/mol. The van der Waals surface area contributed by atoms with Crippen molar-refractivity contribution in [2.45, 2.75) is 65.0 Å². The van der Waals surface area contributed by atoms with Crippen LogP contribution in [0.2, 0.25) is 0 Å². The molecule has 0 spiro atoms. The number of fused-ring (bicyclic) bond motifs is 1. The number of aromatic nitrogens is 1. The fourth-order valence-corrected chi connectivity index (χ4v) is 4.64. The maximum Gasteiger partial charge on any atom is 0.410 e. The predicted octanol–water partition coefficient (Wildman–Crippen LogP) is 4.67. The zero-order chi connectivity index (χ0) is 22.7. The molecule has 174 valence electrons. The second-order valence-electron chi connectivity index (χ2n) is 9.81. The van der Waals surface area contributed by atoms with Gasteiger partial charge in [0.1, 0.15) is 5.60 Å². The largest absolute Gasteiger partial charge is 0.444 e. The van der Waals surface area contributed by atoms with E-state index in [2.05, 4.69) is 23.4 Å². The zero-order valence-corrected chi connectivity index (χ0v) is 19.5.